The molecule has 12 heteroatoms. The number of nitrogens with two attached hydrogens (primary N) is 1. The van der Waals surface area contributed by atoms with Crippen LogP contribution >= 0.6 is 12.6 Å². The van der Waals surface area contributed by atoms with Gasteiger partial charge in [-0.25, -0.2) is 4.79 Å². The maximum Gasteiger partial charge on any atom is 0.326 e. The zero-order valence-electron chi connectivity index (χ0n) is 17.1. The molecule has 1 aliphatic rings. The smallest absolute Gasteiger partial charge is 0.326 e. The highest BCUT2D eigenvalue weighted by atomic mass is 32.1. The lowest BCUT2D eigenvalue weighted by atomic mass is 9.97. The maximum atomic E-state index is 12.7. The molecule has 1 fully saturated rings. The molecule has 5 atom stereocenters. The standard InChI is InChI=1S/C18H31N5O6S/c1-3-9(2)14(17(27)21-11(18(28)29)7-13(19)24)23-16(26)12(8-30)22-15(25)10-5-4-6-20-10/h9-12,14,20,30H,3-8H2,1-2H3,(H2,19,24)(H,21,27)(H,22,25)(H,23,26)(H,28,29). The predicted molar refractivity (Wildman–Crippen MR) is 112 cm³/mol. The topological polar surface area (TPSA) is 180 Å². The summed E-state index contributed by atoms with van der Waals surface area (Å²) in [5.74, 6) is -4.32. The molecule has 0 aliphatic carbocycles. The number of carboxylic acid groups (broad SMARTS) is 1. The summed E-state index contributed by atoms with van der Waals surface area (Å²) in [5, 5.41) is 19.6. The third-order valence-electron chi connectivity index (χ3n) is 5.01. The molecule has 1 saturated heterocycles. The first-order valence-electron chi connectivity index (χ1n) is 9.87. The van der Waals surface area contributed by atoms with E-state index in [0.29, 0.717) is 12.8 Å². The van der Waals surface area contributed by atoms with E-state index in [2.05, 4.69) is 33.9 Å². The van der Waals surface area contributed by atoms with Crippen LogP contribution in [0.4, 0.5) is 0 Å². The number of amides is 4. The van der Waals surface area contributed by atoms with Crippen LogP contribution in [0.15, 0.2) is 0 Å². The highest BCUT2D eigenvalue weighted by Gasteiger charge is 2.33. The molecule has 170 valence electrons. The molecule has 1 rings (SSSR count). The summed E-state index contributed by atoms with van der Waals surface area (Å²) in [7, 11) is 0. The first kappa shape index (κ1) is 25.7. The van der Waals surface area contributed by atoms with Crippen molar-refractivity contribution in [1.82, 2.24) is 21.3 Å². The van der Waals surface area contributed by atoms with E-state index >= 15 is 0 Å². The Morgan fingerprint density at radius 2 is 1.80 bits per heavy atom. The van der Waals surface area contributed by atoms with Crippen molar-refractivity contribution in [2.24, 2.45) is 11.7 Å². The van der Waals surface area contributed by atoms with Gasteiger partial charge in [-0.2, -0.15) is 12.6 Å². The van der Waals surface area contributed by atoms with Crippen molar-refractivity contribution in [3.8, 4) is 0 Å². The molecule has 0 spiro atoms. The number of carbonyl (C=O) groups is 5. The highest BCUT2D eigenvalue weighted by molar-refractivity contribution is 7.80. The minimum absolute atomic E-state index is 0.0125. The van der Waals surface area contributed by atoms with Gasteiger partial charge in [-0.15, -0.1) is 0 Å². The molecule has 7 N–H and O–H groups in total. The lowest BCUT2D eigenvalue weighted by Gasteiger charge is -2.27. The van der Waals surface area contributed by atoms with Crippen molar-refractivity contribution in [3.05, 3.63) is 0 Å². The van der Waals surface area contributed by atoms with Gasteiger partial charge in [0.15, 0.2) is 0 Å². The SMILES string of the molecule is CCC(C)C(NC(=O)C(CS)NC(=O)C1CCCN1)C(=O)NC(CC(N)=O)C(=O)O. The van der Waals surface area contributed by atoms with Crippen molar-refractivity contribution in [2.75, 3.05) is 12.3 Å². The summed E-state index contributed by atoms with van der Waals surface area (Å²) >= 11 is 4.12. The minimum Gasteiger partial charge on any atom is -0.480 e. The number of nitrogens with one attached hydrogen (secondary N) is 4. The van der Waals surface area contributed by atoms with Crippen LogP contribution in [-0.2, 0) is 24.0 Å². The molecule has 0 aromatic carbocycles. The van der Waals surface area contributed by atoms with Crippen LogP contribution in [0.5, 0.6) is 0 Å². The Balaban J connectivity index is 2.84. The summed E-state index contributed by atoms with van der Waals surface area (Å²) in [6.45, 7) is 4.24. The third kappa shape index (κ3) is 7.82. The fourth-order valence-electron chi connectivity index (χ4n) is 2.99. The van der Waals surface area contributed by atoms with Gasteiger partial charge in [0.25, 0.3) is 0 Å². The molecule has 5 unspecified atom stereocenters. The van der Waals surface area contributed by atoms with Crippen LogP contribution in [0, 0.1) is 5.92 Å². The van der Waals surface area contributed by atoms with Gasteiger partial charge in [0, 0.05) is 5.75 Å². The molecular formula is C18H31N5O6S. The number of thiol groups is 1. The lowest BCUT2D eigenvalue weighted by molar-refractivity contribution is -0.144. The van der Waals surface area contributed by atoms with E-state index in [9.17, 15) is 29.1 Å². The molecule has 1 aliphatic heterocycles. The largest absolute Gasteiger partial charge is 0.480 e. The number of aliphatic carboxylic acids is 1. The van der Waals surface area contributed by atoms with Crippen LogP contribution < -0.4 is 27.0 Å². The average molecular weight is 446 g/mol. The third-order valence-corrected chi connectivity index (χ3v) is 5.37. The van der Waals surface area contributed by atoms with Crippen LogP contribution in [0.2, 0.25) is 0 Å². The van der Waals surface area contributed by atoms with E-state index in [-0.39, 0.29) is 23.6 Å². The Labute approximate surface area is 180 Å². The first-order valence-corrected chi connectivity index (χ1v) is 10.5. The number of hydrogen-bond donors (Lipinski definition) is 7. The summed E-state index contributed by atoms with van der Waals surface area (Å²) in [6, 6.07) is -3.92. The monoisotopic (exact) mass is 445 g/mol. The minimum atomic E-state index is -1.51. The van der Waals surface area contributed by atoms with Gasteiger partial charge >= 0.3 is 5.97 Å². The van der Waals surface area contributed by atoms with Gasteiger partial charge in [0.2, 0.25) is 23.6 Å². The fourth-order valence-corrected chi connectivity index (χ4v) is 3.25. The Kier molecular flexibility index (Phi) is 10.6. The highest BCUT2D eigenvalue weighted by Crippen LogP contribution is 2.10. The van der Waals surface area contributed by atoms with Crippen LogP contribution in [0.1, 0.15) is 39.5 Å². The van der Waals surface area contributed by atoms with E-state index in [1.807, 2.05) is 0 Å². The van der Waals surface area contributed by atoms with Gasteiger partial charge in [0.05, 0.1) is 12.5 Å². The molecule has 0 bridgehead atoms. The van der Waals surface area contributed by atoms with Crippen molar-refractivity contribution in [2.45, 2.75) is 63.7 Å². The molecule has 11 nitrogen and oxygen atoms in total. The first-order chi connectivity index (χ1) is 14.1. The predicted octanol–water partition coefficient (Wildman–Crippen LogP) is -1.87. The summed E-state index contributed by atoms with van der Waals surface area (Å²) < 4.78 is 0. The second-order valence-corrected chi connectivity index (χ2v) is 7.70. The van der Waals surface area contributed by atoms with E-state index in [0.717, 1.165) is 13.0 Å². The molecule has 0 aromatic rings. The van der Waals surface area contributed by atoms with Crippen LogP contribution in [0.25, 0.3) is 0 Å². The van der Waals surface area contributed by atoms with Crippen molar-refractivity contribution in [1.29, 1.82) is 0 Å². The van der Waals surface area contributed by atoms with Crippen molar-refractivity contribution in [3.63, 3.8) is 0 Å². The Morgan fingerprint density at radius 1 is 1.13 bits per heavy atom. The maximum absolute atomic E-state index is 12.7. The number of carbonyl (C=O) groups excluding carboxylic acids is 4. The number of primary amides is 1. The van der Waals surface area contributed by atoms with Gasteiger partial charge in [0.1, 0.15) is 18.1 Å². The lowest BCUT2D eigenvalue weighted by Crippen LogP contribution is -2.59. The van der Waals surface area contributed by atoms with Crippen LogP contribution in [0.3, 0.4) is 0 Å². The van der Waals surface area contributed by atoms with Crippen molar-refractivity contribution < 1.29 is 29.1 Å². The molecular weight excluding hydrogens is 414 g/mol. The van der Waals surface area contributed by atoms with Gasteiger partial charge in [-0.05, 0) is 25.3 Å². The van der Waals surface area contributed by atoms with Gasteiger partial charge in [-0.3, -0.25) is 19.2 Å². The summed E-state index contributed by atoms with van der Waals surface area (Å²) in [4.78, 5) is 60.0. The molecule has 0 aromatic heterocycles. The second-order valence-electron chi connectivity index (χ2n) is 7.33. The number of carboxylic acids is 1. The molecule has 4 amide bonds. The van der Waals surface area contributed by atoms with E-state index in [1.165, 1.54) is 0 Å². The van der Waals surface area contributed by atoms with Gasteiger partial charge in [-0.1, -0.05) is 20.3 Å². The molecule has 0 radical (unpaired) electrons. The summed E-state index contributed by atoms with van der Waals surface area (Å²) in [5.41, 5.74) is 5.03. The van der Waals surface area contributed by atoms with Crippen molar-refractivity contribution >= 4 is 42.2 Å². The molecule has 30 heavy (non-hydrogen) atoms. The Morgan fingerprint density at radius 3 is 2.27 bits per heavy atom. The Hall–Kier alpha value is -2.34. The van der Waals surface area contributed by atoms with Crippen LogP contribution in [-0.4, -0.2) is 71.2 Å². The quantitative estimate of drug-likeness (QED) is 0.172. The zero-order valence-corrected chi connectivity index (χ0v) is 18.0. The average Bonchev–Trinajstić information content (AvgIpc) is 3.23. The Bertz CT molecular complexity index is 655. The molecule has 0 saturated carbocycles. The normalized spacial score (nSPS) is 19.8. The van der Waals surface area contributed by atoms with Gasteiger partial charge < -0.3 is 32.1 Å². The molecule has 1 heterocycles. The second kappa shape index (κ2) is 12.4. The van der Waals surface area contributed by atoms with E-state index in [4.69, 9.17) is 5.73 Å². The summed E-state index contributed by atoms with van der Waals surface area (Å²) in [6.07, 6.45) is 1.46. The zero-order chi connectivity index (χ0) is 22.8. The van der Waals surface area contributed by atoms with E-state index in [1.54, 1.807) is 13.8 Å². The number of hydrogen-bond acceptors (Lipinski definition) is 7. The van der Waals surface area contributed by atoms with E-state index < -0.39 is 48.2 Å². The number of rotatable bonds is 12. The fraction of sp³-hybridized carbons (Fsp3) is 0.722.